The molecular weight excluding hydrogens is 465 g/mol. The topological polar surface area (TPSA) is 66.5 Å². The summed E-state index contributed by atoms with van der Waals surface area (Å²) in [5.74, 6) is -0.683. The molecule has 0 unspecified atom stereocenters. The first-order valence-electron chi connectivity index (χ1n) is 9.33. The molecule has 0 aliphatic rings. The van der Waals surface area contributed by atoms with Gasteiger partial charge in [0.1, 0.15) is 6.54 Å². The van der Waals surface area contributed by atoms with E-state index in [1.807, 2.05) is 0 Å². The molecule has 0 saturated carbocycles. The van der Waals surface area contributed by atoms with Crippen LogP contribution in [0.15, 0.2) is 83.8 Å². The number of nitrogens with one attached hydrogen (secondary N) is 1. The highest BCUT2D eigenvalue weighted by molar-refractivity contribution is 7.92. The Balaban J connectivity index is 1.81. The Morgan fingerprint density at radius 1 is 0.938 bits per heavy atom. The smallest absolute Gasteiger partial charge is 0.350 e. The number of hydrogen-bond acceptors (Lipinski definition) is 3. The quantitative estimate of drug-likeness (QED) is 0.522. The molecule has 0 radical (unpaired) electrons. The summed E-state index contributed by atoms with van der Waals surface area (Å²) in [6.45, 7) is -0.763. The van der Waals surface area contributed by atoms with Crippen LogP contribution in [0.5, 0.6) is 0 Å². The Kier molecular flexibility index (Phi) is 7.10. The molecule has 0 aliphatic carbocycles. The largest absolute Gasteiger partial charge is 0.416 e. The van der Waals surface area contributed by atoms with Gasteiger partial charge in [-0.25, -0.2) is 8.42 Å². The number of hydrogen-bond donors (Lipinski definition) is 1. The monoisotopic (exact) mass is 482 g/mol. The lowest BCUT2D eigenvalue weighted by Gasteiger charge is -2.24. The average Bonchev–Trinajstić information content (AvgIpc) is 2.77. The predicted molar refractivity (Wildman–Crippen MR) is 116 cm³/mol. The van der Waals surface area contributed by atoms with Crippen LogP contribution in [0, 0.1) is 0 Å². The van der Waals surface area contributed by atoms with E-state index in [-0.39, 0.29) is 22.7 Å². The number of sulfonamides is 1. The van der Waals surface area contributed by atoms with Gasteiger partial charge >= 0.3 is 6.18 Å². The van der Waals surface area contributed by atoms with Crippen molar-refractivity contribution < 1.29 is 26.4 Å². The molecule has 0 heterocycles. The number of anilines is 1. The van der Waals surface area contributed by atoms with Crippen LogP contribution in [-0.2, 0) is 27.5 Å². The molecule has 3 rings (SSSR count). The van der Waals surface area contributed by atoms with Gasteiger partial charge in [-0.2, -0.15) is 13.2 Å². The lowest BCUT2D eigenvalue weighted by molar-refractivity contribution is -0.137. The van der Waals surface area contributed by atoms with Gasteiger partial charge in [0.15, 0.2) is 0 Å². The van der Waals surface area contributed by atoms with E-state index in [2.05, 4.69) is 5.32 Å². The van der Waals surface area contributed by atoms with Crippen molar-refractivity contribution in [2.24, 2.45) is 0 Å². The van der Waals surface area contributed by atoms with Crippen LogP contribution in [0.3, 0.4) is 0 Å². The molecule has 168 valence electrons. The molecule has 32 heavy (non-hydrogen) atoms. The molecule has 0 saturated heterocycles. The Hall–Kier alpha value is -3.04. The summed E-state index contributed by atoms with van der Waals surface area (Å²) in [7, 11) is -4.09. The molecular formula is C22H18ClF3N2O3S. The fourth-order valence-electron chi connectivity index (χ4n) is 2.89. The normalized spacial score (nSPS) is 11.8. The minimum absolute atomic E-state index is 0.0133. The van der Waals surface area contributed by atoms with Crippen LogP contribution in [0.2, 0.25) is 5.02 Å². The van der Waals surface area contributed by atoms with Crippen molar-refractivity contribution in [3.8, 4) is 0 Å². The van der Waals surface area contributed by atoms with E-state index in [0.717, 1.165) is 16.4 Å². The minimum atomic E-state index is -4.50. The fourth-order valence-corrected chi connectivity index (χ4v) is 4.45. The van der Waals surface area contributed by atoms with Gasteiger partial charge in [-0.1, -0.05) is 41.9 Å². The van der Waals surface area contributed by atoms with E-state index >= 15 is 0 Å². The Morgan fingerprint density at radius 2 is 1.59 bits per heavy atom. The third-order valence-corrected chi connectivity index (χ3v) is 6.52. The molecule has 10 heteroatoms. The lowest BCUT2D eigenvalue weighted by Crippen LogP contribution is -2.40. The van der Waals surface area contributed by atoms with Crippen LogP contribution in [0.25, 0.3) is 0 Å². The van der Waals surface area contributed by atoms with Crippen LogP contribution >= 0.6 is 11.6 Å². The Labute approximate surface area is 188 Å². The van der Waals surface area contributed by atoms with Gasteiger partial charge in [-0.3, -0.25) is 9.10 Å². The molecule has 0 atom stereocenters. The number of nitrogens with zero attached hydrogens (tertiary/aromatic N) is 1. The van der Waals surface area contributed by atoms with Crippen molar-refractivity contribution in [1.82, 2.24) is 5.32 Å². The van der Waals surface area contributed by atoms with E-state index in [0.29, 0.717) is 5.02 Å². The van der Waals surface area contributed by atoms with Crippen molar-refractivity contribution in [2.75, 3.05) is 10.8 Å². The SMILES string of the molecule is O=C(CN(c1ccc(Cl)cc1)S(=O)(=O)c1ccccc1)NCc1cccc(C(F)(F)F)c1. The average molecular weight is 483 g/mol. The van der Waals surface area contributed by atoms with Crippen molar-refractivity contribution in [1.29, 1.82) is 0 Å². The van der Waals surface area contributed by atoms with Crippen LogP contribution in [0.1, 0.15) is 11.1 Å². The van der Waals surface area contributed by atoms with Gasteiger partial charge in [0.25, 0.3) is 10.0 Å². The number of alkyl halides is 3. The minimum Gasteiger partial charge on any atom is -0.350 e. The molecule has 0 aromatic heterocycles. The van der Waals surface area contributed by atoms with Gasteiger partial charge in [0.05, 0.1) is 16.1 Å². The van der Waals surface area contributed by atoms with E-state index in [4.69, 9.17) is 11.6 Å². The maximum absolute atomic E-state index is 13.2. The third kappa shape index (κ3) is 5.80. The zero-order chi connectivity index (χ0) is 23.4. The first-order valence-corrected chi connectivity index (χ1v) is 11.2. The molecule has 3 aromatic rings. The van der Waals surface area contributed by atoms with Gasteiger partial charge in [-0.15, -0.1) is 0 Å². The summed E-state index contributed by atoms with van der Waals surface area (Å²) >= 11 is 5.89. The predicted octanol–water partition coefficient (Wildman–Crippen LogP) is 4.87. The summed E-state index contributed by atoms with van der Waals surface area (Å²) in [4.78, 5) is 12.5. The Morgan fingerprint density at radius 3 is 2.22 bits per heavy atom. The van der Waals surface area contributed by atoms with Crippen LogP contribution in [-0.4, -0.2) is 20.9 Å². The zero-order valence-electron chi connectivity index (χ0n) is 16.5. The van der Waals surface area contributed by atoms with Crippen molar-refractivity contribution in [3.63, 3.8) is 0 Å². The molecule has 3 aromatic carbocycles. The van der Waals surface area contributed by atoms with Gasteiger partial charge < -0.3 is 5.32 Å². The van der Waals surface area contributed by atoms with Gasteiger partial charge in [0.2, 0.25) is 5.91 Å². The molecule has 5 nitrogen and oxygen atoms in total. The van der Waals surface area contributed by atoms with E-state index in [1.165, 1.54) is 48.5 Å². The maximum atomic E-state index is 13.2. The molecule has 0 bridgehead atoms. The zero-order valence-corrected chi connectivity index (χ0v) is 18.1. The summed E-state index contributed by atoms with van der Waals surface area (Å²) in [6.07, 6.45) is -4.50. The van der Waals surface area contributed by atoms with Gasteiger partial charge in [0, 0.05) is 11.6 Å². The highest BCUT2D eigenvalue weighted by Crippen LogP contribution is 2.29. The van der Waals surface area contributed by atoms with Crippen molar-refractivity contribution >= 4 is 33.2 Å². The van der Waals surface area contributed by atoms with Crippen molar-refractivity contribution in [2.45, 2.75) is 17.6 Å². The van der Waals surface area contributed by atoms with Gasteiger partial charge in [-0.05, 0) is 54.1 Å². The molecule has 1 amide bonds. The number of carbonyl (C=O) groups is 1. The van der Waals surface area contributed by atoms with E-state index < -0.39 is 34.2 Å². The molecule has 0 aliphatic heterocycles. The number of carbonyl (C=O) groups excluding carboxylic acids is 1. The Bertz CT molecular complexity index is 1190. The maximum Gasteiger partial charge on any atom is 0.416 e. The highest BCUT2D eigenvalue weighted by atomic mass is 35.5. The number of benzene rings is 3. The number of rotatable bonds is 7. The van der Waals surface area contributed by atoms with Crippen LogP contribution in [0.4, 0.5) is 18.9 Å². The lowest BCUT2D eigenvalue weighted by atomic mass is 10.1. The summed E-state index contributed by atoms with van der Waals surface area (Å²) in [5, 5.41) is 2.86. The first-order chi connectivity index (χ1) is 15.1. The van der Waals surface area contributed by atoms with E-state index in [1.54, 1.807) is 18.2 Å². The molecule has 1 N–H and O–H groups in total. The second-order valence-corrected chi connectivity index (χ2v) is 9.07. The van der Waals surface area contributed by atoms with Crippen LogP contribution < -0.4 is 9.62 Å². The first kappa shape index (κ1) is 23.6. The highest BCUT2D eigenvalue weighted by Gasteiger charge is 2.30. The molecule has 0 fully saturated rings. The fraction of sp³-hybridized carbons (Fsp3) is 0.136. The second-order valence-electron chi connectivity index (χ2n) is 6.78. The summed E-state index contributed by atoms with van der Waals surface area (Å²) in [5.41, 5.74) is -0.386. The third-order valence-electron chi connectivity index (χ3n) is 4.48. The summed E-state index contributed by atoms with van der Waals surface area (Å²) in [6, 6.07) is 18.0. The second kappa shape index (κ2) is 9.62. The standard InChI is InChI=1S/C22H18ClF3N2O3S/c23-18-9-11-19(12-10-18)28(32(30,31)20-7-2-1-3-8-20)15-21(29)27-14-16-5-4-6-17(13-16)22(24,25)26/h1-13H,14-15H2,(H,27,29). The molecule has 0 spiro atoms. The summed E-state index contributed by atoms with van der Waals surface area (Å²) < 4.78 is 65.9. The van der Waals surface area contributed by atoms with E-state index in [9.17, 15) is 26.4 Å². The number of amides is 1. The van der Waals surface area contributed by atoms with Crippen molar-refractivity contribution in [3.05, 3.63) is 95.0 Å². The number of halogens is 4.